The van der Waals surface area contributed by atoms with Crippen molar-refractivity contribution in [1.82, 2.24) is 0 Å². The maximum atomic E-state index is 13.0. The number of aromatic nitrogens is 4. The fourth-order valence-electron chi connectivity index (χ4n) is 15.7. The molecule has 0 amide bonds. The summed E-state index contributed by atoms with van der Waals surface area (Å²) in [6.07, 6.45) is 34.3. The van der Waals surface area contributed by atoms with Gasteiger partial charge in [-0.15, -0.1) is 0 Å². The van der Waals surface area contributed by atoms with Crippen LogP contribution in [0.5, 0.6) is 5.75 Å². The number of allylic oxidation sites excluding steroid dienone is 6. The molecule has 20 heterocycles. The first-order valence-corrected chi connectivity index (χ1v) is 48.2. The molecular weight excluding hydrogens is 1790 g/mol. The number of rotatable bonds is 19. The largest absolute Gasteiger partial charge is 0.201 e. The molecule has 1 N–H and O–H groups in total. The van der Waals surface area contributed by atoms with Gasteiger partial charge in [-0.05, 0) is 171 Å². The van der Waals surface area contributed by atoms with Crippen molar-refractivity contribution in [3.63, 3.8) is 0 Å². The third-order valence-corrected chi connectivity index (χ3v) is 20.8. The molecule has 4 saturated carbocycles. The molecule has 0 spiro atoms. The summed E-state index contributed by atoms with van der Waals surface area (Å²) < 4.78 is 269. The Morgan fingerprint density at radius 3 is 1.03 bits per heavy atom. The molecule has 21 aliphatic rings. The molecule has 4 aromatic heterocycles. The number of ether oxygens (including phenoxy) is 4. The molecule has 16 bridgehead atoms. The van der Waals surface area contributed by atoms with Crippen molar-refractivity contribution in [3.8, 4) is 28.0 Å². The molecule has 5 aromatic carbocycles. The summed E-state index contributed by atoms with van der Waals surface area (Å²) in [4.78, 5) is 13.0. The van der Waals surface area contributed by atoms with Crippen molar-refractivity contribution in [2.45, 2.75) is 137 Å². The van der Waals surface area contributed by atoms with E-state index in [9.17, 15) is 106 Å². The number of nitrogens with zero attached hydrogens (tertiary/aromatic N) is 4. The fraction of sp³-hybridized carbons (Fsp3) is 0.352. The number of hydrogen-bond acceptors (Lipinski definition) is 6. The molecule has 126 heavy (non-hydrogen) atoms. The van der Waals surface area contributed by atoms with Crippen LogP contribution in [-0.2, 0) is 51.7 Å². The molecule has 4 fully saturated rings. The predicted octanol–water partition coefficient (Wildman–Crippen LogP) is 30.5. The van der Waals surface area contributed by atoms with Crippen molar-refractivity contribution < 1.29 is 143 Å². The van der Waals surface area contributed by atoms with E-state index in [0.29, 0.717) is 57.4 Å². The summed E-state index contributed by atoms with van der Waals surface area (Å²) in [6.45, 7) is 20.7. The van der Waals surface area contributed by atoms with Crippen LogP contribution in [0.25, 0.3) is 33.4 Å². The van der Waals surface area contributed by atoms with Crippen molar-refractivity contribution in [3.05, 3.63) is 287 Å². The topological polar surface area (TPSA) is 81.5 Å². The minimum absolute atomic E-state index is 0.0239. The maximum Gasteiger partial charge on any atom is 0.173 e. The monoisotopic (exact) mass is 1890 g/mol. The summed E-state index contributed by atoms with van der Waals surface area (Å²) in [5, 5.41) is 3.74. The quantitative estimate of drug-likeness (QED) is 0.0286. The molecule has 30 rings (SSSR count). The average molecular weight is 1890 g/mol. The zero-order valence-corrected chi connectivity index (χ0v) is 72.9. The Labute approximate surface area is 713 Å². The van der Waals surface area contributed by atoms with E-state index < -0.39 is 31.2 Å². The van der Waals surface area contributed by atoms with Gasteiger partial charge in [0.1, 0.15) is 19.0 Å². The molecule has 5 aliphatic carbocycles. The number of pyridine rings is 4. The van der Waals surface area contributed by atoms with Gasteiger partial charge in [-0.1, -0.05) is 151 Å². The summed E-state index contributed by atoms with van der Waals surface area (Å²) in [5.41, 5.74) is 21.7. The van der Waals surface area contributed by atoms with E-state index in [2.05, 4.69) is 285 Å². The number of hydrogen-bond donors (Lipinski definition) is 1. The van der Waals surface area contributed by atoms with Gasteiger partial charge in [0.05, 0.1) is 31.8 Å². The molecule has 694 valence electrons. The number of carbonyl (C=O) groups excluding carboxylic acids is 1. The Kier molecular flexibility index (Phi) is 29.2. The number of benzene rings is 5. The van der Waals surface area contributed by atoms with E-state index in [4.69, 9.17) is 18.9 Å². The molecular formula is C88H99F24N5O5P4. The van der Waals surface area contributed by atoms with Crippen molar-refractivity contribution in [2.24, 2.45) is 23.2 Å². The van der Waals surface area contributed by atoms with Crippen LogP contribution in [0.2, 0.25) is 0 Å². The molecule has 9 aromatic rings. The average Bonchev–Trinajstić information content (AvgIpc) is 0.738. The van der Waals surface area contributed by atoms with Gasteiger partial charge in [-0.3, -0.25) is 4.79 Å². The predicted molar refractivity (Wildman–Crippen MR) is 445 cm³/mol. The van der Waals surface area contributed by atoms with E-state index in [1.54, 1.807) is 0 Å². The molecule has 16 aliphatic heterocycles. The number of nitrogens with one attached hydrogen (secondary N) is 1. The zero-order valence-electron chi connectivity index (χ0n) is 69.3. The van der Waals surface area contributed by atoms with E-state index in [-0.39, 0.29) is 11.4 Å². The Hall–Kier alpha value is -9.05. The molecule has 0 unspecified atom stereocenters. The van der Waals surface area contributed by atoms with Crippen LogP contribution in [-0.4, -0.2) is 45.6 Å². The second kappa shape index (κ2) is 36.5. The Balaban J connectivity index is 0.000000225. The van der Waals surface area contributed by atoms with Crippen LogP contribution < -0.4 is 28.3 Å². The minimum Gasteiger partial charge on any atom is -0.201 e. The number of esters is 1. The van der Waals surface area contributed by atoms with E-state index in [0.717, 1.165) is 87.6 Å². The number of halogens is 24. The Bertz CT molecular complexity index is 4800. The first-order chi connectivity index (χ1) is 57.6. The third-order valence-electron chi connectivity index (χ3n) is 20.8. The van der Waals surface area contributed by atoms with Crippen LogP contribution in [0.4, 0.5) is 106 Å². The van der Waals surface area contributed by atoms with Crippen LogP contribution in [0.15, 0.2) is 232 Å². The second-order valence-corrected chi connectivity index (χ2v) is 40.6. The van der Waals surface area contributed by atoms with Gasteiger partial charge >= 0.3 is 138 Å². The summed E-state index contributed by atoms with van der Waals surface area (Å²) >= 11 is 0. The molecule has 38 heteroatoms. The van der Waals surface area contributed by atoms with Crippen LogP contribution >= 0.6 is 31.2 Å². The SMILES string of the molecule is CC(C)c1cc(C(C)C)c(CNc2ccc(C3=CC=C(c4ccc(OCCOCCOCCOC(=O)C56CC7CC(CC(C7)C5)C6)cc4)CC=C3)cc2)c(C(C)C)c1.F[P-](F)(F)(F)(F)F.F[P-](F)(F)(F)(F)F.F[P-](F)(F)(F)(F)F.F[P-](F)(F)(F)(F)F.c1cc2ccc1C[n+]1ccc(cc1)-c1cc[n+](cc1)Cc1ccc(cc1)C[n+]1ccc(cc1)-c1cc[n+](cc1)C2. The van der Waals surface area contributed by atoms with Crippen molar-refractivity contribution in [1.29, 1.82) is 0 Å². The fourth-order valence-corrected chi connectivity index (χ4v) is 15.7. The van der Waals surface area contributed by atoms with Gasteiger partial charge in [0.25, 0.3) is 0 Å². The van der Waals surface area contributed by atoms with Crippen molar-refractivity contribution >= 4 is 54.0 Å². The van der Waals surface area contributed by atoms with Gasteiger partial charge in [0.15, 0.2) is 75.8 Å². The molecule has 0 atom stereocenters. The van der Waals surface area contributed by atoms with Gasteiger partial charge in [0.2, 0.25) is 0 Å². The molecule has 0 radical (unpaired) electrons. The zero-order chi connectivity index (χ0) is 93.0. The van der Waals surface area contributed by atoms with Gasteiger partial charge < -0.3 is 24.3 Å². The smallest absolute Gasteiger partial charge is 0.173 e. The van der Waals surface area contributed by atoms with Gasteiger partial charge in [-0.25, -0.2) is 18.3 Å². The van der Waals surface area contributed by atoms with Crippen molar-refractivity contribution in [2.75, 3.05) is 45.0 Å². The van der Waals surface area contributed by atoms with Crippen LogP contribution in [0.1, 0.15) is 160 Å². The number of carbonyl (C=O) groups is 1. The first-order valence-electron chi connectivity index (χ1n) is 40.1. The first kappa shape index (κ1) is 101. The standard InChI is InChI=1S/C52H67NO5.C36H32N4.4F6P/c1-35(2)45-29-48(36(3)4)50(49(30-45)37(5)6)34-53-46-16-12-43(13-17-46)41-8-7-9-42(11-10-41)44-14-18-47(19-15-44)57-24-22-55-20-21-56-23-25-58-51(54)52-31-38-26-39(32-52)28-40(27-38)33-52;1-2-30-4-3-29(1)25-37-17-9-33(10-18-37)35-13-21-39(22-14-35)27-31-5-7-32(8-6-31)28-40-23-15-36(16-24-40)34-11-19-38(26-30)20-12-34;4*1-7(2,3,4,5)6/h7-8,10-19,29-30,35-40,53H,9,20-28,31-34H2,1-6H3;1-24H,25-28H2;;;;/q;+4;4*-1. The summed E-state index contributed by atoms with van der Waals surface area (Å²) in [7, 11) is -42.6. The van der Waals surface area contributed by atoms with Gasteiger partial charge in [-0.2, -0.15) is 0 Å². The maximum absolute atomic E-state index is 13.0. The number of anilines is 1. The Morgan fingerprint density at radius 1 is 0.389 bits per heavy atom. The Morgan fingerprint density at radius 2 is 0.706 bits per heavy atom. The summed E-state index contributed by atoms with van der Waals surface area (Å²) in [5.74, 6) is 4.54. The molecule has 10 nitrogen and oxygen atoms in total. The second-order valence-electron chi connectivity index (χ2n) is 32.9. The minimum atomic E-state index is -10.7. The van der Waals surface area contributed by atoms with Gasteiger partial charge in [0, 0.05) is 83.0 Å². The van der Waals surface area contributed by atoms with E-state index in [1.807, 2.05) is 12.1 Å². The van der Waals surface area contributed by atoms with Crippen LogP contribution in [0, 0.1) is 23.2 Å². The normalized spacial score (nSPS) is 19.4. The van der Waals surface area contributed by atoms with E-state index >= 15 is 0 Å². The van der Waals surface area contributed by atoms with E-state index in [1.165, 1.54) is 108 Å². The summed E-state index contributed by atoms with van der Waals surface area (Å²) in [6, 6.07) is 57.5. The third kappa shape index (κ3) is 40.1. The van der Waals surface area contributed by atoms with Crippen LogP contribution in [0.3, 0.4) is 0 Å². The molecule has 0 saturated heterocycles.